The van der Waals surface area contributed by atoms with Gasteiger partial charge in [0.15, 0.2) is 0 Å². The number of alkyl carbamates (subject to hydrolysis) is 1. The minimum absolute atomic E-state index is 0.367. The molecule has 5 nitrogen and oxygen atoms in total. The molecule has 0 radical (unpaired) electrons. The molecular weight excluding hydrogens is 278 g/mol. The number of hydrogen-bond donors (Lipinski definition) is 2. The van der Waals surface area contributed by atoms with E-state index in [0.717, 1.165) is 6.54 Å². The maximum absolute atomic E-state index is 11.4. The van der Waals surface area contributed by atoms with Crippen molar-refractivity contribution in [2.45, 2.75) is 58.6 Å². The lowest BCUT2D eigenvalue weighted by Gasteiger charge is -2.32. The van der Waals surface area contributed by atoms with Crippen molar-refractivity contribution in [3.8, 4) is 0 Å². The second-order valence-electron chi connectivity index (χ2n) is 6.88. The molecule has 0 aromatic rings. The Balaban J connectivity index is 2.04. The lowest BCUT2D eigenvalue weighted by atomic mass is 10.0. The van der Waals surface area contributed by atoms with Crippen molar-refractivity contribution in [1.29, 1.82) is 0 Å². The van der Waals surface area contributed by atoms with Crippen LogP contribution in [0.3, 0.4) is 0 Å². The SMILES string of the molecule is CCCN1CCC(NC/C=C/CNC(=O)OC(C)(C)C)CC1. The fraction of sp³-hybridized carbons (Fsp3) is 0.824. The van der Waals surface area contributed by atoms with Gasteiger partial charge in [0, 0.05) is 19.1 Å². The number of carbonyl (C=O) groups excluding carboxylic acids is 1. The van der Waals surface area contributed by atoms with Gasteiger partial charge in [0.2, 0.25) is 0 Å². The van der Waals surface area contributed by atoms with Gasteiger partial charge in [0.05, 0.1) is 0 Å². The standard InChI is InChI=1S/C17H33N3O2/c1-5-12-20-13-8-15(9-14-20)18-10-6-7-11-19-16(21)22-17(2,3)4/h6-7,15,18H,5,8-14H2,1-4H3,(H,19,21)/b7-6+. The molecule has 1 saturated heterocycles. The number of ether oxygens (including phenoxy) is 1. The van der Waals surface area contributed by atoms with Crippen molar-refractivity contribution in [3.05, 3.63) is 12.2 Å². The van der Waals surface area contributed by atoms with E-state index >= 15 is 0 Å². The third-order valence-corrected chi connectivity index (χ3v) is 3.58. The first-order valence-electron chi connectivity index (χ1n) is 8.48. The van der Waals surface area contributed by atoms with E-state index < -0.39 is 5.60 Å². The summed E-state index contributed by atoms with van der Waals surface area (Å²) < 4.78 is 5.17. The Morgan fingerprint density at radius 2 is 1.86 bits per heavy atom. The highest BCUT2D eigenvalue weighted by Crippen LogP contribution is 2.10. The van der Waals surface area contributed by atoms with Crippen LogP contribution in [-0.2, 0) is 4.74 Å². The average Bonchev–Trinajstić information content (AvgIpc) is 2.43. The Bertz CT molecular complexity index is 342. The van der Waals surface area contributed by atoms with Crippen LogP contribution in [0, 0.1) is 0 Å². The fourth-order valence-corrected chi connectivity index (χ4v) is 2.53. The number of carbonyl (C=O) groups is 1. The first-order valence-corrected chi connectivity index (χ1v) is 8.48. The van der Waals surface area contributed by atoms with E-state index in [2.05, 4.69) is 28.5 Å². The smallest absolute Gasteiger partial charge is 0.407 e. The van der Waals surface area contributed by atoms with Crippen molar-refractivity contribution in [2.24, 2.45) is 0 Å². The molecule has 22 heavy (non-hydrogen) atoms. The van der Waals surface area contributed by atoms with Gasteiger partial charge >= 0.3 is 6.09 Å². The van der Waals surface area contributed by atoms with Crippen LogP contribution in [0.15, 0.2) is 12.2 Å². The Morgan fingerprint density at radius 1 is 1.23 bits per heavy atom. The van der Waals surface area contributed by atoms with E-state index in [0.29, 0.717) is 12.6 Å². The number of nitrogens with one attached hydrogen (secondary N) is 2. The predicted molar refractivity (Wildman–Crippen MR) is 91.1 cm³/mol. The Labute approximate surface area is 135 Å². The summed E-state index contributed by atoms with van der Waals surface area (Å²) in [5, 5.41) is 6.27. The van der Waals surface area contributed by atoms with E-state index in [9.17, 15) is 4.79 Å². The average molecular weight is 311 g/mol. The normalized spacial score (nSPS) is 17.8. The molecule has 128 valence electrons. The predicted octanol–water partition coefficient (Wildman–Crippen LogP) is 2.53. The molecule has 0 aromatic heterocycles. The molecule has 1 rings (SSSR count). The molecule has 1 fully saturated rings. The zero-order valence-electron chi connectivity index (χ0n) is 14.7. The van der Waals surface area contributed by atoms with Gasteiger partial charge in [-0.05, 0) is 59.7 Å². The lowest BCUT2D eigenvalue weighted by molar-refractivity contribution is 0.0534. The molecule has 1 aliphatic rings. The first-order chi connectivity index (χ1) is 10.4. The molecular formula is C17H33N3O2. The van der Waals surface area contributed by atoms with Crippen molar-refractivity contribution in [2.75, 3.05) is 32.7 Å². The first kappa shape index (κ1) is 19.0. The molecule has 0 aliphatic carbocycles. The minimum Gasteiger partial charge on any atom is -0.444 e. The molecule has 2 N–H and O–H groups in total. The number of nitrogens with zero attached hydrogens (tertiary/aromatic N) is 1. The van der Waals surface area contributed by atoms with Gasteiger partial charge in [-0.3, -0.25) is 0 Å². The molecule has 0 saturated carbocycles. The maximum atomic E-state index is 11.4. The summed E-state index contributed by atoms with van der Waals surface area (Å²) in [4.78, 5) is 14.0. The molecule has 1 heterocycles. The number of likely N-dealkylation sites (tertiary alicyclic amines) is 1. The van der Waals surface area contributed by atoms with Gasteiger partial charge in [0.1, 0.15) is 5.60 Å². The van der Waals surface area contributed by atoms with Gasteiger partial charge in [-0.15, -0.1) is 0 Å². The van der Waals surface area contributed by atoms with E-state index in [1.165, 1.54) is 38.9 Å². The van der Waals surface area contributed by atoms with Crippen LogP contribution in [0.2, 0.25) is 0 Å². The molecule has 5 heteroatoms. The third kappa shape index (κ3) is 9.05. The van der Waals surface area contributed by atoms with Crippen LogP contribution in [0.25, 0.3) is 0 Å². The Morgan fingerprint density at radius 3 is 2.45 bits per heavy atom. The number of amides is 1. The second kappa shape index (κ2) is 9.85. The van der Waals surface area contributed by atoms with Gasteiger partial charge < -0.3 is 20.3 Å². The summed E-state index contributed by atoms with van der Waals surface area (Å²) in [5.74, 6) is 0. The van der Waals surface area contributed by atoms with Crippen molar-refractivity contribution < 1.29 is 9.53 Å². The molecule has 1 amide bonds. The molecule has 0 spiro atoms. The van der Waals surface area contributed by atoms with Crippen LogP contribution < -0.4 is 10.6 Å². The highest BCUT2D eigenvalue weighted by Gasteiger charge is 2.17. The van der Waals surface area contributed by atoms with Crippen molar-refractivity contribution >= 4 is 6.09 Å². The van der Waals surface area contributed by atoms with Crippen molar-refractivity contribution in [1.82, 2.24) is 15.5 Å². The largest absolute Gasteiger partial charge is 0.444 e. The molecule has 1 aliphatic heterocycles. The van der Waals surface area contributed by atoms with Crippen LogP contribution >= 0.6 is 0 Å². The summed E-state index contributed by atoms with van der Waals surface area (Å²) in [7, 11) is 0. The molecule has 0 bridgehead atoms. The minimum atomic E-state index is -0.442. The molecule has 0 aromatic carbocycles. The molecule has 0 unspecified atom stereocenters. The van der Waals surface area contributed by atoms with Gasteiger partial charge in [-0.25, -0.2) is 4.79 Å². The molecule has 0 atom stereocenters. The van der Waals surface area contributed by atoms with Gasteiger partial charge in [0.25, 0.3) is 0 Å². The Kier molecular flexibility index (Phi) is 8.49. The summed E-state index contributed by atoms with van der Waals surface area (Å²) in [6, 6.07) is 0.622. The van der Waals surface area contributed by atoms with Crippen LogP contribution in [0.4, 0.5) is 4.79 Å². The zero-order chi connectivity index (χ0) is 16.4. The van der Waals surface area contributed by atoms with Crippen LogP contribution in [-0.4, -0.2) is 55.4 Å². The number of rotatable bonds is 7. The van der Waals surface area contributed by atoms with Crippen molar-refractivity contribution in [3.63, 3.8) is 0 Å². The number of piperidine rings is 1. The van der Waals surface area contributed by atoms with E-state index in [4.69, 9.17) is 4.74 Å². The second-order valence-corrected chi connectivity index (χ2v) is 6.88. The Hall–Kier alpha value is -1.07. The summed E-state index contributed by atoms with van der Waals surface area (Å²) in [6.45, 7) is 12.8. The summed E-state index contributed by atoms with van der Waals surface area (Å²) >= 11 is 0. The van der Waals surface area contributed by atoms with Crippen LogP contribution in [0.1, 0.15) is 47.0 Å². The summed E-state index contributed by atoms with van der Waals surface area (Å²) in [6.07, 6.45) is 7.35. The highest BCUT2D eigenvalue weighted by atomic mass is 16.6. The topological polar surface area (TPSA) is 53.6 Å². The maximum Gasteiger partial charge on any atom is 0.407 e. The van der Waals surface area contributed by atoms with Gasteiger partial charge in [-0.1, -0.05) is 19.1 Å². The zero-order valence-corrected chi connectivity index (χ0v) is 14.7. The van der Waals surface area contributed by atoms with E-state index in [1.54, 1.807) is 0 Å². The van der Waals surface area contributed by atoms with E-state index in [1.807, 2.05) is 26.8 Å². The monoisotopic (exact) mass is 311 g/mol. The van der Waals surface area contributed by atoms with E-state index in [-0.39, 0.29) is 6.09 Å². The fourth-order valence-electron chi connectivity index (χ4n) is 2.53. The summed E-state index contributed by atoms with van der Waals surface area (Å²) in [5.41, 5.74) is -0.442. The quantitative estimate of drug-likeness (QED) is 0.710. The van der Waals surface area contributed by atoms with Gasteiger partial charge in [-0.2, -0.15) is 0 Å². The van der Waals surface area contributed by atoms with Crippen LogP contribution in [0.5, 0.6) is 0 Å². The lowest BCUT2D eigenvalue weighted by Crippen LogP contribution is -2.42. The third-order valence-electron chi connectivity index (χ3n) is 3.58. The number of hydrogen-bond acceptors (Lipinski definition) is 4. The highest BCUT2D eigenvalue weighted by molar-refractivity contribution is 5.67.